The Hall–Kier alpha value is -7.72. The lowest BCUT2D eigenvalue weighted by Crippen LogP contribution is -2.11. The largest absolute Gasteiger partial charge is 0.456 e. The zero-order valence-corrected chi connectivity index (χ0v) is 33.9. The first-order chi connectivity index (χ1) is 30.2. The average Bonchev–Trinajstić information content (AvgIpc) is 3.90. The number of thiophene rings is 1. The highest BCUT2D eigenvalue weighted by molar-refractivity contribution is 7.25. The van der Waals surface area contributed by atoms with Crippen LogP contribution in [0.3, 0.4) is 0 Å². The van der Waals surface area contributed by atoms with Crippen LogP contribution in [0.5, 0.6) is 0 Å². The highest BCUT2D eigenvalue weighted by atomic mass is 32.1. The van der Waals surface area contributed by atoms with Crippen molar-refractivity contribution in [1.82, 2.24) is 0 Å². The zero-order valence-electron chi connectivity index (χ0n) is 33.1. The maximum absolute atomic E-state index is 6.22. The van der Waals surface area contributed by atoms with Crippen LogP contribution in [-0.2, 0) is 0 Å². The molecule has 61 heavy (non-hydrogen) atoms. The van der Waals surface area contributed by atoms with E-state index in [1.807, 2.05) is 23.5 Å². The van der Waals surface area contributed by atoms with Crippen molar-refractivity contribution < 1.29 is 4.42 Å². The smallest absolute Gasteiger partial charge is 0.135 e. The molecule has 3 heteroatoms. The lowest BCUT2D eigenvalue weighted by atomic mass is 9.90. The van der Waals surface area contributed by atoms with Gasteiger partial charge in [0.25, 0.3) is 0 Å². The molecule has 0 saturated heterocycles. The van der Waals surface area contributed by atoms with Crippen LogP contribution in [0, 0.1) is 0 Å². The number of nitrogens with zero attached hydrogens (tertiary/aromatic N) is 1. The molecule has 0 aliphatic heterocycles. The minimum atomic E-state index is 0.896. The van der Waals surface area contributed by atoms with Crippen LogP contribution in [-0.4, -0.2) is 0 Å². The van der Waals surface area contributed by atoms with Crippen LogP contribution >= 0.6 is 11.3 Å². The maximum Gasteiger partial charge on any atom is 0.135 e. The molecule has 12 rings (SSSR count). The van der Waals surface area contributed by atoms with Gasteiger partial charge >= 0.3 is 0 Å². The Morgan fingerprint density at radius 2 is 0.918 bits per heavy atom. The molecule has 0 N–H and O–H groups in total. The van der Waals surface area contributed by atoms with E-state index in [0.717, 1.165) is 55.7 Å². The summed E-state index contributed by atoms with van der Waals surface area (Å²) in [5.41, 5.74) is 14.6. The van der Waals surface area contributed by atoms with Crippen molar-refractivity contribution in [1.29, 1.82) is 0 Å². The van der Waals surface area contributed by atoms with Crippen molar-refractivity contribution in [3.8, 4) is 44.5 Å². The zero-order chi connectivity index (χ0) is 40.3. The summed E-state index contributed by atoms with van der Waals surface area (Å²) in [6, 6.07) is 81.3. The summed E-state index contributed by atoms with van der Waals surface area (Å²) in [6.45, 7) is 0. The molecule has 0 unspecified atom stereocenters. The first kappa shape index (κ1) is 35.2. The summed E-state index contributed by atoms with van der Waals surface area (Å²) in [7, 11) is 0. The van der Waals surface area contributed by atoms with Gasteiger partial charge in [-0.25, -0.2) is 0 Å². The highest BCUT2D eigenvalue weighted by Gasteiger charge is 2.21. The lowest BCUT2D eigenvalue weighted by Gasteiger charge is -2.29. The van der Waals surface area contributed by atoms with Crippen molar-refractivity contribution in [2.75, 3.05) is 4.90 Å². The molecule has 0 aliphatic carbocycles. The summed E-state index contributed by atoms with van der Waals surface area (Å²) in [6.07, 6.45) is 0. The molecule has 0 radical (unpaired) electrons. The topological polar surface area (TPSA) is 16.4 Å². The molecule has 0 fully saturated rings. The average molecular weight is 796 g/mol. The van der Waals surface area contributed by atoms with Gasteiger partial charge < -0.3 is 9.32 Å². The van der Waals surface area contributed by atoms with E-state index in [4.69, 9.17) is 4.42 Å². The Morgan fingerprint density at radius 3 is 1.79 bits per heavy atom. The van der Waals surface area contributed by atoms with E-state index in [0.29, 0.717) is 0 Å². The molecular formula is C58H37NOS. The Morgan fingerprint density at radius 1 is 0.328 bits per heavy atom. The highest BCUT2D eigenvalue weighted by Crippen LogP contribution is 2.47. The van der Waals surface area contributed by atoms with Crippen molar-refractivity contribution >= 4 is 81.3 Å². The van der Waals surface area contributed by atoms with Crippen molar-refractivity contribution in [3.63, 3.8) is 0 Å². The molecule has 10 aromatic carbocycles. The molecule has 2 heterocycles. The van der Waals surface area contributed by atoms with Crippen LogP contribution in [0.2, 0.25) is 0 Å². The van der Waals surface area contributed by atoms with Gasteiger partial charge in [-0.15, -0.1) is 11.3 Å². The number of para-hydroxylation sites is 2. The fraction of sp³-hybridized carbons (Fsp3) is 0. The first-order valence-electron chi connectivity index (χ1n) is 20.7. The number of furan rings is 1. The number of benzene rings is 10. The number of fused-ring (bicyclic) bond motifs is 7. The number of rotatable bonds is 7. The summed E-state index contributed by atoms with van der Waals surface area (Å²) in [5, 5.41) is 7.32. The first-order valence-corrected chi connectivity index (χ1v) is 21.6. The number of hydrogen-bond acceptors (Lipinski definition) is 3. The third-order valence-electron chi connectivity index (χ3n) is 12.1. The van der Waals surface area contributed by atoms with Gasteiger partial charge in [0.1, 0.15) is 11.2 Å². The number of anilines is 3. The maximum atomic E-state index is 6.22. The predicted octanol–water partition coefficient (Wildman–Crippen LogP) is 17.2. The summed E-state index contributed by atoms with van der Waals surface area (Å²) >= 11 is 1.86. The minimum absolute atomic E-state index is 0.896. The minimum Gasteiger partial charge on any atom is -0.456 e. The molecule has 0 spiro atoms. The van der Waals surface area contributed by atoms with Crippen LogP contribution in [0.1, 0.15) is 0 Å². The summed E-state index contributed by atoms with van der Waals surface area (Å²) in [4.78, 5) is 2.43. The van der Waals surface area contributed by atoms with E-state index >= 15 is 0 Å². The normalized spacial score (nSPS) is 11.6. The van der Waals surface area contributed by atoms with Gasteiger partial charge in [0.05, 0.1) is 5.69 Å². The Labute approximate surface area is 357 Å². The van der Waals surface area contributed by atoms with Gasteiger partial charge in [0.15, 0.2) is 0 Å². The molecule has 0 bridgehead atoms. The molecule has 286 valence electrons. The van der Waals surface area contributed by atoms with E-state index in [2.05, 4.69) is 217 Å². The van der Waals surface area contributed by atoms with Gasteiger partial charge in [-0.2, -0.15) is 0 Å². The van der Waals surface area contributed by atoms with E-state index in [9.17, 15) is 0 Å². The number of hydrogen-bond donors (Lipinski definition) is 0. The second kappa shape index (κ2) is 14.5. The third kappa shape index (κ3) is 6.01. The molecule has 12 aromatic rings. The quantitative estimate of drug-likeness (QED) is 0.160. The van der Waals surface area contributed by atoms with Gasteiger partial charge in [0, 0.05) is 47.9 Å². The Bertz CT molecular complexity index is 3590. The molecule has 2 aromatic heterocycles. The molecular weight excluding hydrogens is 759 g/mol. The van der Waals surface area contributed by atoms with Gasteiger partial charge in [0.2, 0.25) is 0 Å². The van der Waals surface area contributed by atoms with Crippen LogP contribution < -0.4 is 4.90 Å². The van der Waals surface area contributed by atoms with Crippen LogP contribution in [0.4, 0.5) is 17.1 Å². The SMILES string of the molecule is c1ccc(-c2cccc3cccc(-c4ccccc4N(c4ccc(-c5cccc6sc7ccccc7c56)cc4)c4cccc(-c5ccc6oc7ccccc7c6c5)c4)c23)cc1. The van der Waals surface area contributed by atoms with E-state index in [1.54, 1.807) is 0 Å². The molecule has 0 atom stereocenters. The van der Waals surface area contributed by atoms with E-state index in [1.165, 1.54) is 58.8 Å². The Kier molecular flexibility index (Phi) is 8.39. The molecule has 0 aliphatic rings. The van der Waals surface area contributed by atoms with Crippen molar-refractivity contribution in [2.24, 2.45) is 0 Å². The van der Waals surface area contributed by atoms with Crippen LogP contribution in [0.25, 0.3) is 97.4 Å². The molecule has 0 amide bonds. The summed E-state index contributed by atoms with van der Waals surface area (Å²) < 4.78 is 8.84. The molecule has 0 saturated carbocycles. The van der Waals surface area contributed by atoms with Crippen molar-refractivity contribution in [2.45, 2.75) is 0 Å². The van der Waals surface area contributed by atoms with Gasteiger partial charge in [-0.1, -0.05) is 164 Å². The Balaban J connectivity index is 1.05. The third-order valence-corrected chi connectivity index (χ3v) is 13.2. The second-order valence-electron chi connectivity index (χ2n) is 15.6. The lowest BCUT2D eigenvalue weighted by molar-refractivity contribution is 0.669. The second-order valence-corrected chi connectivity index (χ2v) is 16.7. The molecule has 2 nitrogen and oxygen atoms in total. The standard InChI is InChI=1S/C58H37NOS/c1-2-14-38(15-3-1)45-23-11-16-40-17-12-25-49(57(40)45)47-20-4-7-26-52(47)59(43-33-30-39(31-34-43)46-24-13-29-56-58(46)50-22-6-9-28-55(50)61-56)44-19-10-18-41(36-44)42-32-35-54-51(37-42)48-21-5-8-27-53(48)60-54/h1-37H. The van der Waals surface area contributed by atoms with Gasteiger partial charge in [-0.05, 0) is 110 Å². The van der Waals surface area contributed by atoms with Crippen molar-refractivity contribution in [3.05, 3.63) is 224 Å². The summed E-state index contributed by atoms with van der Waals surface area (Å²) in [5.74, 6) is 0. The fourth-order valence-electron chi connectivity index (χ4n) is 9.28. The monoisotopic (exact) mass is 795 g/mol. The fourth-order valence-corrected chi connectivity index (χ4v) is 10.4. The predicted molar refractivity (Wildman–Crippen MR) is 261 cm³/mol. The van der Waals surface area contributed by atoms with Gasteiger partial charge in [-0.3, -0.25) is 0 Å². The van der Waals surface area contributed by atoms with E-state index < -0.39 is 0 Å². The van der Waals surface area contributed by atoms with Crippen LogP contribution in [0.15, 0.2) is 229 Å². The van der Waals surface area contributed by atoms with E-state index in [-0.39, 0.29) is 0 Å².